The molecule has 172 valence electrons. The Morgan fingerprint density at radius 3 is 2.24 bits per heavy atom. The average Bonchev–Trinajstić information content (AvgIpc) is 3.13. The van der Waals surface area contributed by atoms with Gasteiger partial charge in [0.25, 0.3) is 11.8 Å². The van der Waals surface area contributed by atoms with Crippen LogP contribution in [0.15, 0.2) is 72.4 Å². The van der Waals surface area contributed by atoms with Gasteiger partial charge >= 0.3 is 0 Å². The Balaban J connectivity index is 1.73. The summed E-state index contributed by atoms with van der Waals surface area (Å²) in [5.74, 6) is 0.398. The number of hydrogen-bond donors (Lipinski definition) is 0. The van der Waals surface area contributed by atoms with Crippen molar-refractivity contribution in [3.05, 3.63) is 89.1 Å². The number of fused-ring (bicyclic) bond motifs is 1. The van der Waals surface area contributed by atoms with E-state index in [9.17, 15) is 9.59 Å². The smallest absolute Gasteiger partial charge is 0.282 e. The van der Waals surface area contributed by atoms with Crippen molar-refractivity contribution in [1.29, 1.82) is 0 Å². The predicted molar refractivity (Wildman–Crippen MR) is 132 cm³/mol. The second-order valence-corrected chi connectivity index (χ2v) is 8.41. The molecule has 0 radical (unpaired) electrons. The summed E-state index contributed by atoms with van der Waals surface area (Å²) in [7, 11) is 3.12. The van der Waals surface area contributed by atoms with Gasteiger partial charge in [-0.05, 0) is 60.7 Å². The van der Waals surface area contributed by atoms with E-state index in [1.165, 1.54) is 10.5 Å². The van der Waals surface area contributed by atoms with Crippen molar-refractivity contribution >= 4 is 28.8 Å². The van der Waals surface area contributed by atoms with Crippen LogP contribution in [0.5, 0.6) is 11.5 Å². The highest BCUT2D eigenvalue weighted by atomic mass is 16.5. The van der Waals surface area contributed by atoms with Gasteiger partial charge in [0, 0.05) is 12.2 Å². The fraction of sp³-hybridized carbons (Fsp3) is 0.214. The van der Waals surface area contributed by atoms with Crippen LogP contribution in [0.25, 0.3) is 5.57 Å². The maximum atomic E-state index is 14.0. The number of rotatable bonds is 5. The summed E-state index contributed by atoms with van der Waals surface area (Å²) in [5, 5.41) is 0. The number of methoxy groups -OCH3 is 2. The largest absolute Gasteiger partial charge is 0.493 e. The SMILES string of the molecule is COc1ccc(C2=C(N3CCCc4ccccc43)C(=O)N(c3ccccc3C)C2=O)cc1OC. The molecule has 6 nitrogen and oxygen atoms in total. The fourth-order valence-corrected chi connectivity index (χ4v) is 4.82. The number of amides is 2. The van der Waals surface area contributed by atoms with Crippen LogP contribution in [0.4, 0.5) is 11.4 Å². The molecule has 0 bridgehead atoms. The Labute approximate surface area is 199 Å². The average molecular weight is 455 g/mol. The highest BCUT2D eigenvalue weighted by molar-refractivity contribution is 6.46. The lowest BCUT2D eigenvalue weighted by atomic mass is 9.98. The van der Waals surface area contributed by atoms with Gasteiger partial charge in [0.15, 0.2) is 11.5 Å². The maximum absolute atomic E-state index is 14.0. The molecule has 2 aliphatic heterocycles. The molecule has 0 atom stereocenters. The van der Waals surface area contributed by atoms with Gasteiger partial charge in [0.1, 0.15) is 5.70 Å². The molecule has 3 aromatic carbocycles. The maximum Gasteiger partial charge on any atom is 0.282 e. The molecule has 0 saturated heterocycles. The molecule has 0 fully saturated rings. The number of para-hydroxylation sites is 2. The summed E-state index contributed by atoms with van der Waals surface area (Å²) in [4.78, 5) is 31.2. The number of nitrogens with zero attached hydrogens (tertiary/aromatic N) is 2. The zero-order valence-electron chi connectivity index (χ0n) is 19.5. The normalized spacial score (nSPS) is 15.6. The first-order valence-electron chi connectivity index (χ1n) is 11.3. The fourth-order valence-electron chi connectivity index (χ4n) is 4.82. The van der Waals surface area contributed by atoms with E-state index in [2.05, 4.69) is 6.07 Å². The number of ether oxygens (including phenoxy) is 2. The number of hydrogen-bond acceptors (Lipinski definition) is 5. The second kappa shape index (κ2) is 8.71. The molecule has 2 amide bonds. The second-order valence-electron chi connectivity index (χ2n) is 8.41. The standard InChI is InChI=1S/C28H26N2O4/c1-18-9-4-6-12-21(18)30-27(31)25(20-14-15-23(33-2)24(17-20)34-3)26(28(30)32)29-16-8-11-19-10-5-7-13-22(19)29/h4-7,9-10,12-15,17H,8,11,16H2,1-3H3. The molecule has 0 unspecified atom stereocenters. The highest BCUT2D eigenvalue weighted by Gasteiger charge is 2.44. The number of aryl methyl sites for hydroxylation is 2. The summed E-state index contributed by atoms with van der Waals surface area (Å²) in [6.07, 6.45) is 1.83. The van der Waals surface area contributed by atoms with Gasteiger partial charge in [-0.3, -0.25) is 9.59 Å². The van der Waals surface area contributed by atoms with Crippen molar-refractivity contribution in [1.82, 2.24) is 0 Å². The third kappa shape index (κ3) is 3.43. The Hall–Kier alpha value is -4.06. The predicted octanol–water partition coefficient (Wildman–Crippen LogP) is 4.75. The Morgan fingerprint density at radius 2 is 1.50 bits per heavy atom. The van der Waals surface area contributed by atoms with Crippen molar-refractivity contribution in [2.45, 2.75) is 19.8 Å². The van der Waals surface area contributed by atoms with Gasteiger partial charge in [-0.2, -0.15) is 0 Å². The van der Waals surface area contributed by atoms with Gasteiger partial charge in [-0.15, -0.1) is 0 Å². The summed E-state index contributed by atoms with van der Waals surface area (Å²) in [6.45, 7) is 2.56. The summed E-state index contributed by atoms with van der Waals surface area (Å²) < 4.78 is 10.9. The Kier molecular flexibility index (Phi) is 5.57. The zero-order valence-corrected chi connectivity index (χ0v) is 19.5. The Bertz CT molecular complexity index is 1330. The molecule has 0 saturated carbocycles. The summed E-state index contributed by atoms with van der Waals surface area (Å²) in [5.41, 5.74) is 4.97. The van der Waals surface area contributed by atoms with E-state index < -0.39 is 0 Å². The van der Waals surface area contributed by atoms with E-state index in [-0.39, 0.29) is 11.8 Å². The first-order valence-corrected chi connectivity index (χ1v) is 11.3. The van der Waals surface area contributed by atoms with Gasteiger partial charge < -0.3 is 14.4 Å². The number of benzene rings is 3. The molecule has 5 rings (SSSR count). The lowest BCUT2D eigenvalue weighted by Gasteiger charge is -2.32. The monoisotopic (exact) mass is 454 g/mol. The van der Waals surface area contributed by atoms with Gasteiger partial charge in [-0.1, -0.05) is 42.5 Å². The topological polar surface area (TPSA) is 59.1 Å². The minimum atomic E-state index is -0.343. The van der Waals surface area contributed by atoms with Crippen LogP contribution in [0.3, 0.4) is 0 Å². The first-order chi connectivity index (χ1) is 16.5. The molecule has 0 spiro atoms. The Morgan fingerprint density at radius 1 is 0.794 bits per heavy atom. The first kappa shape index (κ1) is 21.8. The molecular weight excluding hydrogens is 428 g/mol. The van der Waals surface area contributed by atoms with E-state index in [4.69, 9.17) is 9.47 Å². The van der Waals surface area contributed by atoms with Crippen LogP contribution >= 0.6 is 0 Å². The van der Waals surface area contributed by atoms with E-state index >= 15 is 0 Å². The number of carbonyl (C=O) groups is 2. The van der Waals surface area contributed by atoms with Crippen LogP contribution in [0.2, 0.25) is 0 Å². The lowest BCUT2D eigenvalue weighted by molar-refractivity contribution is -0.120. The molecule has 3 aromatic rings. The zero-order chi connectivity index (χ0) is 23.8. The van der Waals surface area contributed by atoms with Crippen molar-refractivity contribution in [3.8, 4) is 11.5 Å². The van der Waals surface area contributed by atoms with Gasteiger partial charge in [0.2, 0.25) is 0 Å². The van der Waals surface area contributed by atoms with Crippen molar-refractivity contribution < 1.29 is 19.1 Å². The minimum Gasteiger partial charge on any atom is -0.493 e. The number of anilines is 2. The molecule has 2 aliphatic rings. The van der Waals surface area contributed by atoms with Crippen LogP contribution in [-0.4, -0.2) is 32.6 Å². The molecule has 0 N–H and O–H groups in total. The van der Waals surface area contributed by atoms with Crippen LogP contribution in [-0.2, 0) is 16.0 Å². The third-order valence-electron chi connectivity index (χ3n) is 6.47. The summed E-state index contributed by atoms with van der Waals surface area (Å²) >= 11 is 0. The number of imide groups is 1. The van der Waals surface area contributed by atoms with Crippen molar-refractivity contribution in [2.24, 2.45) is 0 Å². The van der Waals surface area contributed by atoms with Gasteiger partial charge in [0.05, 0.1) is 25.5 Å². The molecule has 34 heavy (non-hydrogen) atoms. The number of carbonyl (C=O) groups excluding carboxylic acids is 2. The lowest BCUT2D eigenvalue weighted by Crippen LogP contribution is -2.37. The van der Waals surface area contributed by atoms with Crippen molar-refractivity contribution in [3.63, 3.8) is 0 Å². The van der Waals surface area contributed by atoms with E-state index in [1.54, 1.807) is 32.4 Å². The van der Waals surface area contributed by atoms with E-state index in [0.717, 1.165) is 24.1 Å². The van der Waals surface area contributed by atoms with Crippen molar-refractivity contribution in [2.75, 3.05) is 30.6 Å². The van der Waals surface area contributed by atoms with Gasteiger partial charge in [-0.25, -0.2) is 4.90 Å². The van der Waals surface area contributed by atoms with Crippen LogP contribution in [0.1, 0.15) is 23.1 Å². The molecule has 0 aliphatic carbocycles. The highest BCUT2D eigenvalue weighted by Crippen LogP contribution is 2.41. The van der Waals surface area contributed by atoms with E-state index in [1.807, 2.05) is 54.3 Å². The van der Waals surface area contributed by atoms with E-state index in [0.29, 0.717) is 40.6 Å². The minimum absolute atomic E-state index is 0.319. The van der Waals surface area contributed by atoms with Crippen LogP contribution < -0.4 is 19.3 Å². The summed E-state index contributed by atoms with van der Waals surface area (Å²) in [6, 6.07) is 20.8. The molecular formula is C28H26N2O4. The van der Waals surface area contributed by atoms with Crippen LogP contribution in [0, 0.1) is 6.92 Å². The molecule has 2 heterocycles. The molecule has 0 aromatic heterocycles. The third-order valence-corrected chi connectivity index (χ3v) is 6.47. The molecule has 6 heteroatoms. The quantitative estimate of drug-likeness (QED) is 0.521.